The van der Waals surface area contributed by atoms with E-state index in [1.807, 2.05) is 29.9 Å². The van der Waals surface area contributed by atoms with Crippen molar-refractivity contribution in [1.82, 2.24) is 19.1 Å². The lowest BCUT2D eigenvalue weighted by Crippen LogP contribution is -2.48. The lowest BCUT2D eigenvalue weighted by atomic mass is 10.1. The van der Waals surface area contributed by atoms with E-state index < -0.39 is 10.0 Å². The standard InChI is InChI=1S/C20H30N4O4S/c1-22-10-12-24(13-11-22)18(17-6-5-9-23(17)2)15-21-29(25,26)16-7-8-19(27-3)20(14-16)28-4/h5-9,14,18,21H,10-13,15H2,1-4H3/t18-/m1/s1. The van der Waals surface area contributed by atoms with E-state index in [1.54, 1.807) is 6.07 Å². The van der Waals surface area contributed by atoms with E-state index in [1.165, 1.54) is 26.4 Å². The molecule has 0 unspecified atom stereocenters. The van der Waals surface area contributed by atoms with Crippen molar-refractivity contribution in [2.24, 2.45) is 7.05 Å². The first-order valence-corrected chi connectivity index (χ1v) is 11.1. The third-order valence-corrected chi connectivity index (χ3v) is 6.86. The molecule has 1 N–H and O–H groups in total. The Kier molecular flexibility index (Phi) is 6.84. The van der Waals surface area contributed by atoms with Crippen molar-refractivity contribution in [3.05, 3.63) is 42.2 Å². The van der Waals surface area contributed by atoms with E-state index in [4.69, 9.17) is 9.47 Å². The van der Waals surface area contributed by atoms with Gasteiger partial charge in [0.25, 0.3) is 0 Å². The van der Waals surface area contributed by atoms with Crippen LogP contribution in [0, 0.1) is 0 Å². The Morgan fingerprint density at radius 1 is 1.03 bits per heavy atom. The minimum atomic E-state index is -3.70. The number of piperazine rings is 1. The summed E-state index contributed by atoms with van der Waals surface area (Å²) >= 11 is 0. The Hall–Kier alpha value is -2.07. The maximum Gasteiger partial charge on any atom is 0.240 e. The number of benzene rings is 1. The molecule has 1 aliphatic heterocycles. The van der Waals surface area contributed by atoms with E-state index in [0.717, 1.165) is 31.9 Å². The number of likely N-dealkylation sites (N-methyl/N-ethyl adjacent to an activating group) is 1. The van der Waals surface area contributed by atoms with Crippen molar-refractivity contribution < 1.29 is 17.9 Å². The van der Waals surface area contributed by atoms with Gasteiger partial charge in [0.15, 0.2) is 11.5 Å². The molecule has 1 fully saturated rings. The van der Waals surface area contributed by atoms with Gasteiger partial charge in [0.05, 0.1) is 25.2 Å². The van der Waals surface area contributed by atoms with Crippen LogP contribution in [0.4, 0.5) is 0 Å². The van der Waals surface area contributed by atoms with E-state index in [9.17, 15) is 8.42 Å². The third-order valence-electron chi connectivity index (χ3n) is 5.44. The molecule has 0 spiro atoms. The van der Waals surface area contributed by atoms with Crippen molar-refractivity contribution in [2.75, 3.05) is 54.0 Å². The topological polar surface area (TPSA) is 76.0 Å². The molecule has 1 atom stereocenters. The molecule has 1 aliphatic rings. The minimum absolute atomic E-state index is 0.0429. The number of rotatable bonds is 8. The second kappa shape index (κ2) is 9.17. The van der Waals surface area contributed by atoms with Gasteiger partial charge in [0, 0.05) is 57.7 Å². The van der Waals surface area contributed by atoms with Crippen LogP contribution in [0.1, 0.15) is 11.7 Å². The highest BCUT2D eigenvalue weighted by atomic mass is 32.2. The first-order chi connectivity index (χ1) is 13.9. The molecule has 1 aromatic heterocycles. The molecular weight excluding hydrogens is 392 g/mol. The summed E-state index contributed by atoms with van der Waals surface area (Å²) in [4.78, 5) is 4.78. The summed E-state index contributed by atoms with van der Waals surface area (Å²) < 4.78 is 41.2. The fourth-order valence-electron chi connectivity index (χ4n) is 3.63. The smallest absolute Gasteiger partial charge is 0.240 e. The molecule has 8 nitrogen and oxygen atoms in total. The molecule has 0 aliphatic carbocycles. The van der Waals surface area contributed by atoms with Gasteiger partial charge >= 0.3 is 0 Å². The van der Waals surface area contributed by atoms with Gasteiger partial charge < -0.3 is 18.9 Å². The van der Waals surface area contributed by atoms with Gasteiger partial charge in [-0.05, 0) is 31.3 Å². The third kappa shape index (κ3) is 4.92. The molecule has 0 saturated carbocycles. The van der Waals surface area contributed by atoms with Gasteiger partial charge in [0.2, 0.25) is 10.0 Å². The number of ether oxygens (including phenoxy) is 2. The summed E-state index contributed by atoms with van der Waals surface area (Å²) in [7, 11) is 3.40. The normalized spacial score (nSPS) is 17.2. The molecule has 9 heteroatoms. The van der Waals surface area contributed by atoms with Crippen LogP contribution in [-0.2, 0) is 17.1 Å². The Morgan fingerprint density at radius 3 is 2.31 bits per heavy atom. The number of hydrogen-bond donors (Lipinski definition) is 1. The first kappa shape index (κ1) is 21.6. The second-order valence-electron chi connectivity index (χ2n) is 7.27. The summed E-state index contributed by atoms with van der Waals surface area (Å²) in [5, 5.41) is 0. The molecule has 2 aromatic rings. The number of sulfonamides is 1. The van der Waals surface area contributed by atoms with Crippen LogP contribution in [0.2, 0.25) is 0 Å². The molecule has 1 saturated heterocycles. The van der Waals surface area contributed by atoms with Gasteiger partial charge in [0.1, 0.15) is 0 Å². The van der Waals surface area contributed by atoms with Gasteiger partial charge in [-0.25, -0.2) is 13.1 Å². The maximum atomic E-state index is 13.0. The lowest BCUT2D eigenvalue weighted by molar-refractivity contribution is 0.109. The molecule has 1 aromatic carbocycles. The second-order valence-corrected chi connectivity index (χ2v) is 9.03. The highest BCUT2D eigenvalue weighted by Gasteiger charge is 2.27. The highest BCUT2D eigenvalue weighted by molar-refractivity contribution is 7.89. The molecular formula is C20H30N4O4S. The van der Waals surface area contributed by atoms with Crippen molar-refractivity contribution in [2.45, 2.75) is 10.9 Å². The van der Waals surface area contributed by atoms with Crippen molar-refractivity contribution in [3.63, 3.8) is 0 Å². The van der Waals surface area contributed by atoms with Gasteiger partial charge in [-0.2, -0.15) is 0 Å². The van der Waals surface area contributed by atoms with Crippen molar-refractivity contribution in [3.8, 4) is 11.5 Å². The van der Waals surface area contributed by atoms with Crippen LogP contribution < -0.4 is 14.2 Å². The number of aryl methyl sites for hydroxylation is 1. The van der Waals surface area contributed by atoms with Crippen LogP contribution in [-0.4, -0.2) is 76.8 Å². The Morgan fingerprint density at radius 2 is 1.72 bits per heavy atom. The zero-order valence-electron chi connectivity index (χ0n) is 17.5. The number of nitrogens with zero attached hydrogens (tertiary/aromatic N) is 3. The number of aromatic nitrogens is 1. The number of nitrogens with one attached hydrogen (secondary N) is 1. The van der Waals surface area contributed by atoms with Crippen LogP contribution >= 0.6 is 0 Å². The summed E-state index contributed by atoms with van der Waals surface area (Å²) in [5.41, 5.74) is 1.09. The molecule has 2 heterocycles. The Labute approximate surface area is 173 Å². The predicted molar refractivity (Wildman–Crippen MR) is 112 cm³/mol. The zero-order chi connectivity index (χ0) is 21.0. The monoisotopic (exact) mass is 422 g/mol. The lowest BCUT2D eigenvalue weighted by Gasteiger charge is -2.38. The average molecular weight is 423 g/mol. The SMILES string of the molecule is COc1ccc(S(=O)(=O)NC[C@H](c2cccn2C)N2CCN(C)CC2)cc1OC. The van der Waals surface area contributed by atoms with Gasteiger partial charge in [-0.3, -0.25) is 4.90 Å². The Bertz CT molecular complexity index is 920. The highest BCUT2D eigenvalue weighted by Crippen LogP contribution is 2.29. The number of methoxy groups -OCH3 is 2. The molecule has 29 heavy (non-hydrogen) atoms. The van der Waals surface area contributed by atoms with Crippen LogP contribution in [0.3, 0.4) is 0 Å². The summed E-state index contributed by atoms with van der Waals surface area (Å²) in [6.45, 7) is 4.00. The largest absolute Gasteiger partial charge is 0.493 e. The quantitative estimate of drug-likeness (QED) is 0.691. The summed E-state index contributed by atoms with van der Waals surface area (Å²) in [6.07, 6.45) is 1.99. The van der Waals surface area contributed by atoms with E-state index in [-0.39, 0.29) is 17.5 Å². The van der Waals surface area contributed by atoms with E-state index in [2.05, 4.69) is 21.6 Å². The van der Waals surface area contributed by atoms with Crippen LogP contribution in [0.15, 0.2) is 41.4 Å². The zero-order valence-corrected chi connectivity index (χ0v) is 18.3. The van der Waals surface area contributed by atoms with Gasteiger partial charge in [-0.1, -0.05) is 0 Å². The van der Waals surface area contributed by atoms with Crippen LogP contribution in [0.25, 0.3) is 0 Å². The van der Waals surface area contributed by atoms with Crippen LogP contribution in [0.5, 0.6) is 11.5 Å². The van der Waals surface area contributed by atoms with Crippen molar-refractivity contribution in [1.29, 1.82) is 0 Å². The average Bonchev–Trinajstić information content (AvgIpc) is 3.14. The number of hydrogen-bond acceptors (Lipinski definition) is 6. The van der Waals surface area contributed by atoms with Crippen molar-refractivity contribution >= 4 is 10.0 Å². The Balaban J connectivity index is 1.80. The maximum absolute atomic E-state index is 13.0. The molecule has 0 radical (unpaired) electrons. The van der Waals surface area contributed by atoms with Gasteiger partial charge in [-0.15, -0.1) is 0 Å². The summed E-state index contributed by atoms with van der Waals surface area (Å²) in [6, 6.07) is 8.60. The molecule has 0 amide bonds. The fraction of sp³-hybridized carbons (Fsp3) is 0.500. The minimum Gasteiger partial charge on any atom is -0.493 e. The molecule has 160 valence electrons. The molecule has 0 bridgehead atoms. The summed E-state index contributed by atoms with van der Waals surface area (Å²) in [5.74, 6) is 0.874. The van der Waals surface area contributed by atoms with E-state index >= 15 is 0 Å². The first-order valence-electron chi connectivity index (χ1n) is 9.61. The fourth-order valence-corrected chi connectivity index (χ4v) is 4.68. The van der Waals surface area contributed by atoms with E-state index in [0.29, 0.717) is 11.5 Å². The predicted octanol–water partition coefficient (Wildman–Crippen LogP) is 1.31. The molecule has 3 rings (SSSR count).